The molecule has 0 atom stereocenters. The van der Waals surface area contributed by atoms with Crippen molar-refractivity contribution in [2.24, 2.45) is 0 Å². The molecule has 1 saturated heterocycles. The summed E-state index contributed by atoms with van der Waals surface area (Å²) in [5.41, 5.74) is 0.611. The average molecular weight is 464 g/mol. The largest absolute Gasteiger partial charge is 0.339 e. The second-order valence-corrected chi connectivity index (χ2v) is 9.21. The van der Waals surface area contributed by atoms with Gasteiger partial charge >= 0.3 is 0 Å². The lowest BCUT2D eigenvalue weighted by atomic mass is 10.2. The van der Waals surface area contributed by atoms with Crippen LogP contribution in [0.2, 0.25) is 0 Å². The summed E-state index contributed by atoms with van der Waals surface area (Å²) in [5.74, 6) is -2.15. The van der Waals surface area contributed by atoms with Crippen LogP contribution in [0, 0.1) is 21.7 Å². The molecule has 0 spiro atoms. The van der Waals surface area contributed by atoms with Gasteiger partial charge in [-0.25, -0.2) is 17.2 Å². The van der Waals surface area contributed by atoms with E-state index >= 15 is 0 Å². The van der Waals surface area contributed by atoms with E-state index in [-0.39, 0.29) is 44.3 Å². The fraction of sp³-hybridized carbons (Fsp3) is 0.250. The van der Waals surface area contributed by atoms with E-state index in [1.54, 1.807) is 22.9 Å². The van der Waals surface area contributed by atoms with E-state index in [2.05, 4.69) is 0 Å². The maximum Gasteiger partial charge on any atom is 0.270 e. The predicted molar refractivity (Wildman–Crippen MR) is 110 cm³/mol. The molecule has 0 saturated carbocycles. The number of nitrogens with zero attached hydrogens (tertiary/aromatic N) is 4. The van der Waals surface area contributed by atoms with Gasteiger partial charge in [0, 0.05) is 55.4 Å². The molecule has 4 rings (SSSR count). The molecule has 1 aliphatic heterocycles. The zero-order valence-electron chi connectivity index (χ0n) is 16.6. The summed E-state index contributed by atoms with van der Waals surface area (Å²) in [6, 6.07) is 8.27. The van der Waals surface area contributed by atoms with Crippen molar-refractivity contribution >= 4 is 32.5 Å². The number of aromatic nitrogens is 1. The van der Waals surface area contributed by atoms with Crippen LogP contribution < -0.4 is 0 Å². The molecule has 0 N–H and O–H groups in total. The van der Waals surface area contributed by atoms with Crippen molar-refractivity contribution in [3.8, 4) is 0 Å². The first-order valence-electron chi connectivity index (χ1n) is 9.63. The molecule has 0 bridgehead atoms. The summed E-state index contributed by atoms with van der Waals surface area (Å²) >= 11 is 0. The van der Waals surface area contributed by atoms with Crippen LogP contribution >= 0.6 is 0 Å². The summed E-state index contributed by atoms with van der Waals surface area (Å²) in [5, 5.41) is 11.5. The number of hydrogen-bond acceptors (Lipinski definition) is 5. The van der Waals surface area contributed by atoms with Crippen LogP contribution in [0.25, 0.3) is 10.9 Å². The first-order valence-corrected chi connectivity index (χ1v) is 11.1. The Kier molecular flexibility index (Phi) is 5.65. The van der Waals surface area contributed by atoms with E-state index in [0.717, 1.165) is 16.4 Å². The van der Waals surface area contributed by atoms with Gasteiger partial charge < -0.3 is 9.47 Å². The molecule has 12 heteroatoms. The van der Waals surface area contributed by atoms with Crippen molar-refractivity contribution < 1.29 is 26.9 Å². The third-order valence-electron chi connectivity index (χ3n) is 5.37. The highest BCUT2D eigenvalue weighted by molar-refractivity contribution is 7.89. The first-order chi connectivity index (χ1) is 15.2. The fourth-order valence-electron chi connectivity index (χ4n) is 3.68. The first kappa shape index (κ1) is 21.8. The lowest BCUT2D eigenvalue weighted by molar-refractivity contribution is -0.384. The molecule has 1 aromatic heterocycles. The standard InChI is InChI=1S/C20H18F2N4O5S/c21-15-1-3-17(22)19(12-15)32(30,31)25-9-7-23(8-10-25)20(27)13-24-6-5-14-11-16(26(28)29)2-4-18(14)24/h1-6,11-12H,7-10,13H2. The molecule has 1 fully saturated rings. The van der Waals surface area contributed by atoms with Crippen LogP contribution in [0.15, 0.2) is 53.6 Å². The van der Waals surface area contributed by atoms with Gasteiger partial charge in [0.15, 0.2) is 0 Å². The normalized spacial score (nSPS) is 15.2. The molecule has 2 aromatic carbocycles. The van der Waals surface area contributed by atoms with Gasteiger partial charge in [-0.15, -0.1) is 0 Å². The second-order valence-electron chi connectivity index (χ2n) is 7.30. The maximum absolute atomic E-state index is 14.0. The molecule has 1 amide bonds. The van der Waals surface area contributed by atoms with E-state index in [0.29, 0.717) is 17.0 Å². The summed E-state index contributed by atoms with van der Waals surface area (Å²) in [4.78, 5) is 23.9. The minimum Gasteiger partial charge on any atom is -0.339 e. The lowest BCUT2D eigenvalue weighted by Crippen LogP contribution is -2.51. The van der Waals surface area contributed by atoms with Gasteiger partial charge in [0.25, 0.3) is 5.69 Å². The third-order valence-corrected chi connectivity index (χ3v) is 7.29. The number of rotatable bonds is 5. The monoisotopic (exact) mass is 464 g/mol. The van der Waals surface area contributed by atoms with Gasteiger partial charge in [-0.1, -0.05) is 0 Å². The number of nitro benzene ring substituents is 1. The third kappa shape index (κ3) is 4.06. The van der Waals surface area contributed by atoms with Crippen molar-refractivity contribution in [3.05, 3.63) is 70.4 Å². The second kappa shape index (κ2) is 8.28. The molecule has 2 heterocycles. The van der Waals surface area contributed by atoms with Crippen LogP contribution in [-0.4, -0.2) is 59.2 Å². The average Bonchev–Trinajstić information content (AvgIpc) is 3.17. The highest BCUT2D eigenvalue weighted by atomic mass is 32.2. The summed E-state index contributed by atoms with van der Waals surface area (Å²) in [6.07, 6.45) is 1.65. The van der Waals surface area contributed by atoms with E-state index in [1.165, 1.54) is 17.0 Å². The van der Waals surface area contributed by atoms with Gasteiger partial charge in [0.05, 0.1) is 4.92 Å². The number of fused-ring (bicyclic) bond motifs is 1. The number of carbonyl (C=O) groups excluding carboxylic acids is 1. The van der Waals surface area contributed by atoms with Gasteiger partial charge in [0.1, 0.15) is 23.1 Å². The smallest absolute Gasteiger partial charge is 0.270 e. The molecule has 1 aliphatic rings. The van der Waals surface area contributed by atoms with Crippen LogP contribution in [0.5, 0.6) is 0 Å². The molecule has 168 valence electrons. The summed E-state index contributed by atoms with van der Waals surface area (Å²) < 4.78 is 55.4. The van der Waals surface area contributed by atoms with Crippen LogP contribution in [0.4, 0.5) is 14.5 Å². The van der Waals surface area contributed by atoms with E-state index in [1.807, 2.05) is 0 Å². The predicted octanol–water partition coefficient (Wildman–Crippen LogP) is 2.36. The number of hydrogen-bond donors (Lipinski definition) is 0. The van der Waals surface area contributed by atoms with E-state index in [9.17, 15) is 32.1 Å². The quantitative estimate of drug-likeness (QED) is 0.426. The highest BCUT2D eigenvalue weighted by Gasteiger charge is 2.32. The van der Waals surface area contributed by atoms with Crippen molar-refractivity contribution in [1.29, 1.82) is 0 Å². The van der Waals surface area contributed by atoms with Gasteiger partial charge in [-0.3, -0.25) is 14.9 Å². The van der Waals surface area contributed by atoms with Crippen LogP contribution in [0.1, 0.15) is 0 Å². The number of non-ortho nitro benzene ring substituents is 1. The highest BCUT2D eigenvalue weighted by Crippen LogP contribution is 2.23. The van der Waals surface area contributed by atoms with Crippen LogP contribution in [-0.2, 0) is 21.4 Å². The number of nitro groups is 1. The van der Waals surface area contributed by atoms with E-state index < -0.39 is 31.5 Å². The zero-order valence-corrected chi connectivity index (χ0v) is 17.5. The lowest BCUT2D eigenvalue weighted by Gasteiger charge is -2.34. The molecular formula is C20H18F2N4O5S. The Morgan fingerprint density at radius 3 is 2.44 bits per heavy atom. The zero-order chi connectivity index (χ0) is 23.0. The van der Waals surface area contributed by atoms with Gasteiger partial charge in [0.2, 0.25) is 15.9 Å². The Bertz CT molecular complexity index is 1320. The van der Waals surface area contributed by atoms with Gasteiger partial charge in [-0.2, -0.15) is 4.31 Å². The van der Waals surface area contributed by atoms with Crippen molar-refractivity contribution in [3.63, 3.8) is 0 Å². The van der Waals surface area contributed by atoms with Crippen LogP contribution in [0.3, 0.4) is 0 Å². The van der Waals surface area contributed by atoms with E-state index in [4.69, 9.17) is 0 Å². The number of amides is 1. The maximum atomic E-state index is 14.0. The number of sulfonamides is 1. The molecule has 0 radical (unpaired) electrons. The summed E-state index contributed by atoms with van der Waals surface area (Å²) in [7, 11) is -4.23. The summed E-state index contributed by atoms with van der Waals surface area (Å²) in [6.45, 7) is 0.0667. The Hall–Kier alpha value is -3.38. The van der Waals surface area contributed by atoms with Crippen molar-refractivity contribution in [2.45, 2.75) is 11.4 Å². The number of halogens is 2. The molecule has 0 unspecified atom stereocenters. The molecule has 32 heavy (non-hydrogen) atoms. The fourth-order valence-corrected chi connectivity index (χ4v) is 5.17. The van der Waals surface area contributed by atoms with Gasteiger partial charge in [-0.05, 0) is 30.3 Å². The number of carbonyl (C=O) groups is 1. The topological polar surface area (TPSA) is 106 Å². The molecule has 3 aromatic rings. The minimum absolute atomic E-state index is 0.0212. The Morgan fingerprint density at radius 1 is 1.03 bits per heavy atom. The SMILES string of the molecule is O=C(Cn1ccc2cc([N+](=O)[O-])ccc21)N1CCN(S(=O)(=O)c2cc(F)ccc2F)CC1. The molecular weight excluding hydrogens is 446 g/mol. The Morgan fingerprint density at radius 2 is 1.75 bits per heavy atom. The van der Waals surface area contributed by atoms with Crippen molar-refractivity contribution in [1.82, 2.24) is 13.8 Å². The molecule has 9 nitrogen and oxygen atoms in total. The number of piperazine rings is 1. The number of benzene rings is 2. The Balaban J connectivity index is 1.43. The molecule has 0 aliphatic carbocycles. The minimum atomic E-state index is -4.23. The Labute approximate surface area is 181 Å². The van der Waals surface area contributed by atoms with Crippen molar-refractivity contribution in [2.75, 3.05) is 26.2 Å².